The van der Waals surface area contributed by atoms with Gasteiger partial charge in [-0.25, -0.2) is 0 Å². The number of nitrogens with zero attached hydrogens (tertiary/aromatic N) is 1. The predicted molar refractivity (Wildman–Crippen MR) is 68.6 cm³/mol. The predicted octanol–water partition coefficient (Wildman–Crippen LogP) is 4.62. The number of thiophene rings is 1. The molecule has 3 heteroatoms. The minimum absolute atomic E-state index is 1.08. The minimum Gasteiger partial charge on any atom is -0.267 e. The number of fused-ring (bicyclic) bond motifs is 1. The van der Waals surface area contributed by atoms with Crippen LogP contribution in [-0.2, 0) is 0 Å². The Morgan fingerprint density at radius 2 is 1.86 bits per heavy atom. The van der Waals surface area contributed by atoms with Crippen molar-refractivity contribution in [2.75, 3.05) is 20.0 Å². The fraction of sp³-hybridized carbons (Fsp3) is 0.273. The van der Waals surface area contributed by atoms with Gasteiger partial charge in [0.2, 0.25) is 0 Å². The molecule has 74 valence electrons. The SMILES string of the molecule is CP(C)(C)=Nc1csc2ccccc12. The van der Waals surface area contributed by atoms with Gasteiger partial charge in [0.1, 0.15) is 0 Å². The molecule has 0 bridgehead atoms. The number of rotatable bonds is 1. The Labute approximate surface area is 88.8 Å². The first-order valence-corrected chi connectivity index (χ1v) is 8.53. The van der Waals surface area contributed by atoms with Crippen molar-refractivity contribution in [2.45, 2.75) is 0 Å². The van der Waals surface area contributed by atoms with Gasteiger partial charge in [0.05, 0.1) is 5.69 Å². The summed E-state index contributed by atoms with van der Waals surface area (Å²) in [6.45, 7) is 6.71. The second-order valence-electron chi connectivity index (χ2n) is 4.16. The molecule has 0 aliphatic heterocycles. The molecule has 14 heavy (non-hydrogen) atoms. The Morgan fingerprint density at radius 3 is 2.57 bits per heavy atom. The van der Waals surface area contributed by atoms with E-state index in [1.807, 2.05) is 0 Å². The monoisotopic (exact) mass is 223 g/mol. The average molecular weight is 223 g/mol. The first-order valence-electron chi connectivity index (χ1n) is 4.57. The summed E-state index contributed by atoms with van der Waals surface area (Å²) in [5.41, 5.74) is 1.17. The van der Waals surface area contributed by atoms with E-state index in [1.54, 1.807) is 11.3 Å². The molecule has 0 fully saturated rings. The molecule has 2 aromatic rings. The summed E-state index contributed by atoms with van der Waals surface area (Å²) in [6, 6.07) is 8.46. The van der Waals surface area contributed by atoms with Gasteiger partial charge in [-0.15, -0.1) is 11.3 Å². The maximum Gasteiger partial charge on any atom is 0.0798 e. The van der Waals surface area contributed by atoms with Crippen molar-refractivity contribution in [3.8, 4) is 0 Å². The molecule has 1 heterocycles. The van der Waals surface area contributed by atoms with Gasteiger partial charge in [0.25, 0.3) is 0 Å². The molecule has 0 spiro atoms. The Bertz CT molecular complexity index is 498. The molecule has 1 aromatic carbocycles. The smallest absolute Gasteiger partial charge is 0.0798 e. The summed E-state index contributed by atoms with van der Waals surface area (Å²) in [5, 5.41) is 3.46. The van der Waals surface area contributed by atoms with Crippen molar-refractivity contribution in [3.05, 3.63) is 29.6 Å². The van der Waals surface area contributed by atoms with E-state index in [-0.39, 0.29) is 0 Å². The molecule has 0 radical (unpaired) electrons. The van der Waals surface area contributed by atoms with Crippen molar-refractivity contribution < 1.29 is 0 Å². The molecule has 0 aliphatic rings. The topological polar surface area (TPSA) is 12.4 Å². The first kappa shape index (κ1) is 9.95. The standard InChI is InChI=1S/C11H14NPS/c1-13(2,3)12-10-8-14-11-7-5-4-6-9(10)11/h4-8H,1-3H3. The number of hydrogen-bond acceptors (Lipinski definition) is 2. The van der Waals surface area contributed by atoms with Crippen molar-refractivity contribution in [1.82, 2.24) is 0 Å². The molecule has 0 unspecified atom stereocenters. The van der Waals surface area contributed by atoms with Crippen molar-refractivity contribution in [3.63, 3.8) is 0 Å². The Kier molecular flexibility index (Phi) is 2.50. The van der Waals surface area contributed by atoms with E-state index in [0.717, 1.165) is 0 Å². The molecule has 0 saturated carbocycles. The maximum atomic E-state index is 4.80. The average Bonchev–Trinajstić information content (AvgIpc) is 2.47. The zero-order valence-electron chi connectivity index (χ0n) is 8.69. The molecule has 0 atom stereocenters. The highest BCUT2D eigenvalue weighted by Crippen LogP contribution is 2.44. The van der Waals surface area contributed by atoms with Crippen LogP contribution in [0.25, 0.3) is 10.1 Å². The Balaban J connectivity index is 2.65. The quantitative estimate of drug-likeness (QED) is 0.625. The summed E-state index contributed by atoms with van der Waals surface area (Å²) in [4.78, 5) is 0. The van der Waals surface area contributed by atoms with Gasteiger partial charge in [0.15, 0.2) is 0 Å². The van der Waals surface area contributed by atoms with Crippen LogP contribution in [0.2, 0.25) is 0 Å². The van der Waals surface area contributed by atoms with Crippen LogP contribution in [-0.4, -0.2) is 20.0 Å². The van der Waals surface area contributed by atoms with Crippen molar-refractivity contribution in [1.29, 1.82) is 0 Å². The van der Waals surface area contributed by atoms with Gasteiger partial charge in [-0.1, -0.05) is 18.2 Å². The molecule has 1 aromatic heterocycles. The van der Waals surface area contributed by atoms with E-state index in [0.29, 0.717) is 0 Å². The second-order valence-corrected chi connectivity index (χ2v) is 9.15. The van der Waals surface area contributed by atoms with Crippen LogP contribution in [0.4, 0.5) is 5.69 Å². The fourth-order valence-corrected chi connectivity index (χ4v) is 3.13. The van der Waals surface area contributed by atoms with Crippen LogP contribution in [0.3, 0.4) is 0 Å². The molecule has 0 amide bonds. The molecular formula is C11H14NPS. The van der Waals surface area contributed by atoms with E-state index < -0.39 is 7.05 Å². The number of hydrogen-bond donors (Lipinski definition) is 0. The summed E-state index contributed by atoms with van der Waals surface area (Å²) in [7, 11) is -1.08. The van der Waals surface area contributed by atoms with Gasteiger partial charge in [-0.05, 0) is 33.1 Å². The van der Waals surface area contributed by atoms with Gasteiger partial charge in [-0.2, -0.15) is 0 Å². The third-order valence-electron chi connectivity index (χ3n) is 1.87. The van der Waals surface area contributed by atoms with Crippen molar-refractivity contribution >= 4 is 34.2 Å². The first-order chi connectivity index (χ1) is 6.56. The van der Waals surface area contributed by atoms with Gasteiger partial charge in [-0.3, -0.25) is 4.74 Å². The second kappa shape index (κ2) is 3.52. The maximum absolute atomic E-state index is 4.80. The van der Waals surface area contributed by atoms with Crippen molar-refractivity contribution in [2.24, 2.45) is 4.74 Å². The van der Waals surface area contributed by atoms with E-state index in [2.05, 4.69) is 49.6 Å². The zero-order valence-corrected chi connectivity index (χ0v) is 10.4. The zero-order chi connectivity index (χ0) is 10.2. The summed E-state index contributed by atoms with van der Waals surface area (Å²) < 4.78 is 6.13. The lowest BCUT2D eigenvalue weighted by Gasteiger charge is -2.04. The Hall–Kier alpha value is -0.590. The largest absolute Gasteiger partial charge is 0.267 e. The van der Waals surface area contributed by atoms with Crippen LogP contribution in [0.1, 0.15) is 0 Å². The lowest BCUT2D eigenvalue weighted by molar-refractivity contribution is 1.63. The number of benzene rings is 1. The van der Waals surface area contributed by atoms with Gasteiger partial charge >= 0.3 is 0 Å². The van der Waals surface area contributed by atoms with Gasteiger partial charge < -0.3 is 0 Å². The highest BCUT2D eigenvalue weighted by Gasteiger charge is 2.03. The third-order valence-corrected chi connectivity index (χ3v) is 3.63. The summed E-state index contributed by atoms with van der Waals surface area (Å²) in [6.07, 6.45) is 0. The van der Waals surface area contributed by atoms with E-state index in [1.165, 1.54) is 15.8 Å². The molecule has 0 aliphatic carbocycles. The molecule has 2 rings (SSSR count). The third kappa shape index (κ3) is 2.08. The molecular weight excluding hydrogens is 209 g/mol. The van der Waals surface area contributed by atoms with Crippen LogP contribution in [0.5, 0.6) is 0 Å². The normalized spacial score (nSPS) is 11.9. The van der Waals surface area contributed by atoms with Crippen LogP contribution < -0.4 is 0 Å². The van der Waals surface area contributed by atoms with Gasteiger partial charge in [0, 0.05) is 15.5 Å². The van der Waals surface area contributed by atoms with Crippen LogP contribution >= 0.6 is 18.4 Å². The lowest BCUT2D eigenvalue weighted by Crippen LogP contribution is -1.68. The molecule has 1 nitrogen and oxygen atoms in total. The highest BCUT2D eigenvalue weighted by molar-refractivity contribution is 7.64. The minimum atomic E-state index is -1.08. The van der Waals surface area contributed by atoms with Crippen LogP contribution in [0, 0.1) is 0 Å². The van der Waals surface area contributed by atoms with E-state index >= 15 is 0 Å². The summed E-state index contributed by atoms with van der Waals surface area (Å²) in [5.74, 6) is 0. The molecule has 0 saturated heterocycles. The van der Waals surface area contributed by atoms with E-state index in [4.69, 9.17) is 4.74 Å². The lowest BCUT2D eigenvalue weighted by atomic mass is 10.2. The van der Waals surface area contributed by atoms with E-state index in [9.17, 15) is 0 Å². The van der Waals surface area contributed by atoms with Crippen LogP contribution in [0.15, 0.2) is 34.4 Å². The fourth-order valence-electron chi connectivity index (χ4n) is 1.36. The molecule has 0 N–H and O–H groups in total. The highest BCUT2D eigenvalue weighted by atomic mass is 32.1. The Morgan fingerprint density at radius 1 is 1.14 bits per heavy atom. The summed E-state index contributed by atoms with van der Waals surface area (Å²) >= 11 is 1.78.